The molecule has 0 fully saturated rings. The number of carbonyl (C=O) groups excluding carboxylic acids is 2. The lowest BCUT2D eigenvalue weighted by Crippen LogP contribution is -2.39. The number of aliphatic carboxylic acids is 1. The maximum Gasteiger partial charge on any atom is 0.341 e. The molecule has 1 unspecified atom stereocenters. The summed E-state index contributed by atoms with van der Waals surface area (Å²) in [6.45, 7) is 1.04. The quantitative estimate of drug-likeness (QED) is 0.571. The van der Waals surface area contributed by atoms with Crippen molar-refractivity contribution in [3.63, 3.8) is 0 Å². The fourth-order valence-electron chi connectivity index (χ4n) is 2.27. The predicted octanol–water partition coefficient (Wildman–Crippen LogP) is 1.52. The van der Waals surface area contributed by atoms with Gasteiger partial charge >= 0.3 is 5.97 Å². The third kappa shape index (κ3) is 7.36. The first-order valence-corrected chi connectivity index (χ1v) is 8.62. The van der Waals surface area contributed by atoms with Gasteiger partial charge in [-0.25, -0.2) is 4.79 Å². The molecule has 2 aromatic rings. The maximum atomic E-state index is 12.0. The van der Waals surface area contributed by atoms with Crippen LogP contribution in [-0.2, 0) is 14.4 Å². The number of nitrogens with one attached hydrogen (secondary N) is 2. The average Bonchev–Trinajstić information content (AvgIpc) is 2.70. The number of carbonyl (C=O) groups is 3. The second-order valence-electron chi connectivity index (χ2n) is 5.92. The van der Waals surface area contributed by atoms with Crippen molar-refractivity contribution < 1.29 is 29.0 Å². The molecule has 2 aromatic carbocycles. The Balaban J connectivity index is 1.71. The van der Waals surface area contributed by atoms with Gasteiger partial charge in [0.15, 0.2) is 13.2 Å². The zero-order valence-corrected chi connectivity index (χ0v) is 15.4. The lowest BCUT2D eigenvalue weighted by Gasteiger charge is -2.15. The summed E-state index contributed by atoms with van der Waals surface area (Å²) in [5.41, 5.74) is 0.815. The first kappa shape index (κ1) is 20.8. The van der Waals surface area contributed by atoms with Crippen molar-refractivity contribution in [2.75, 3.05) is 19.8 Å². The zero-order chi connectivity index (χ0) is 20.4. The van der Waals surface area contributed by atoms with E-state index in [1.54, 1.807) is 55.5 Å². The summed E-state index contributed by atoms with van der Waals surface area (Å²) in [6.07, 6.45) is 0. The van der Waals surface area contributed by atoms with E-state index >= 15 is 0 Å². The van der Waals surface area contributed by atoms with Crippen molar-refractivity contribution >= 4 is 17.8 Å². The number of carboxylic acids is 1. The molecule has 1 atom stereocenters. The van der Waals surface area contributed by atoms with Crippen LogP contribution in [0.3, 0.4) is 0 Å². The zero-order valence-electron chi connectivity index (χ0n) is 15.4. The lowest BCUT2D eigenvalue weighted by molar-refractivity contribution is -0.139. The highest BCUT2D eigenvalue weighted by molar-refractivity contribution is 5.85. The van der Waals surface area contributed by atoms with Crippen LogP contribution in [0.5, 0.6) is 11.5 Å². The number of amides is 2. The molecule has 2 rings (SSSR count). The number of para-hydroxylation sites is 1. The van der Waals surface area contributed by atoms with Crippen LogP contribution in [-0.4, -0.2) is 42.6 Å². The van der Waals surface area contributed by atoms with Gasteiger partial charge in [0.05, 0.1) is 12.6 Å². The molecule has 8 nitrogen and oxygen atoms in total. The first-order chi connectivity index (χ1) is 13.4. The SMILES string of the molecule is CC(NC(=O)CNC(=O)COc1ccccc1)c1ccc(OCC(=O)O)cc1. The number of rotatable bonds is 10. The van der Waals surface area contributed by atoms with Crippen LogP contribution in [0, 0.1) is 0 Å². The Kier molecular flexibility index (Phi) is 7.83. The summed E-state index contributed by atoms with van der Waals surface area (Å²) in [7, 11) is 0. The number of ether oxygens (including phenoxy) is 2. The summed E-state index contributed by atoms with van der Waals surface area (Å²) in [6, 6.07) is 15.3. The number of hydrogen-bond acceptors (Lipinski definition) is 5. The minimum Gasteiger partial charge on any atom is -0.484 e. The standard InChI is InChI=1S/C20H22N2O6/c1-14(15-7-9-17(10-8-15)28-13-20(25)26)22-18(23)11-21-19(24)12-27-16-5-3-2-4-6-16/h2-10,14H,11-13H2,1H3,(H,21,24)(H,22,23)(H,25,26). The molecule has 0 aromatic heterocycles. The van der Waals surface area contributed by atoms with Gasteiger partial charge in [-0.05, 0) is 36.8 Å². The van der Waals surface area contributed by atoms with Crippen LogP contribution in [0.1, 0.15) is 18.5 Å². The van der Waals surface area contributed by atoms with Gasteiger partial charge in [-0.2, -0.15) is 0 Å². The third-order valence-corrected chi connectivity index (χ3v) is 3.68. The molecule has 8 heteroatoms. The lowest BCUT2D eigenvalue weighted by atomic mass is 10.1. The molecule has 0 bridgehead atoms. The molecule has 0 heterocycles. The molecule has 0 spiro atoms. The first-order valence-electron chi connectivity index (χ1n) is 8.62. The van der Waals surface area contributed by atoms with E-state index in [0.717, 1.165) is 5.56 Å². The van der Waals surface area contributed by atoms with Crippen LogP contribution >= 0.6 is 0 Å². The smallest absolute Gasteiger partial charge is 0.341 e. The van der Waals surface area contributed by atoms with E-state index in [4.69, 9.17) is 14.6 Å². The van der Waals surface area contributed by atoms with Crippen molar-refractivity contribution in [2.45, 2.75) is 13.0 Å². The Morgan fingerprint density at radius 1 is 0.893 bits per heavy atom. The summed E-state index contributed by atoms with van der Waals surface area (Å²) >= 11 is 0. The molecular formula is C20H22N2O6. The van der Waals surface area contributed by atoms with Gasteiger partial charge < -0.3 is 25.2 Å². The molecule has 0 saturated carbocycles. The molecule has 148 valence electrons. The second kappa shape index (κ2) is 10.6. The molecular weight excluding hydrogens is 364 g/mol. The van der Waals surface area contributed by atoms with E-state index in [0.29, 0.717) is 11.5 Å². The summed E-state index contributed by atoms with van der Waals surface area (Å²) < 4.78 is 10.4. The summed E-state index contributed by atoms with van der Waals surface area (Å²) in [4.78, 5) is 34.2. The molecule has 2 amide bonds. The monoisotopic (exact) mass is 386 g/mol. The van der Waals surface area contributed by atoms with Crippen LogP contribution < -0.4 is 20.1 Å². The van der Waals surface area contributed by atoms with Crippen molar-refractivity contribution in [2.24, 2.45) is 0 Å². The Hall–Kier alpha value is -3.55. The van der Waals surface area contributed by atoms with E-state index < -0.39 is 18.5 Å². The van der Waals surface area contributed by atoms with Gasteiger partial charge in [0.1, 0.15) is 11.5 Å². The van der Waals surface area contributed by atoms with Crippen molar-refractivity contribution in [1.29, 1.82) is 0 Å². The van der Waals surface area contributed by atoms with Crippen molar-refractivity contribution in [3.05, 3.63) is 60.2 Å². The van der Waals surface area contributed by atoms with Gasteiger partial charge in [0.2, 0.25) is 5.91 Å². The fourth-order valence-corrected chi connectivity index (χ4v) is 2.27. The van der Waals surface area contributed by atoms with Gasteiger partial charge in [-0.15, -0.1) is 0 Å². The summed E-state index contributed by atoms with van der Waals surface area (Å²) in [5.74, 6) is -0.791. The highest BCUT2D eigenvalue weighted by Crippen LogP contribution is 2.17. The van der Waals surface area contributed by atoms with E-state index in [1.165, 1.54) is 0 Å². The maximum absolute atomic E-state index is 12.0. The Labute approximate surface area is 162 Å². The van der Waals surface area contributed by atoms with E-state index in [2.05, 4.69) is 10.6 Å². The highest BCUT2D eigenvalue weighted by Gasteiger charge is 2.11. The number of benzene rings is 2. The summed E-state index contributed by atoms with van der Waals surface area (Å²) in [5, 5.41) is 13.8. The molecule has 28 heavy (non-hydrogen) atoms. The van der Waals surface area contributed by atoms with Crippen LogP contribution in [0.15, 0.2) is 54.6 Å². The van der Waals surface area contributed by atoms with Gasteiger partial charge in [-0.3, -0.25) is 9.59 Å². The molecule has 0 aliphatic heterocycles. The second-order valence-corrected chi connectivity index (χ2v) is 5.92. The van der Waals surface area contributed by atoms with Crippen LogP contribution in [0.4, 0.5) is 0 Å². The normalized spacial score (nSPS) is 11.2. The van der Waals surface area contributed by atoms with E-state index in [9.17, 15) is 14.4 Å². The van der Waals surface area contributed by atoms with Gasteiger partial charge in [-0.1, -0.05) is 30.3 Å². The molecule has 0 aliphatic rings. The van der Waals surface area contributed by atoms with Crippen LogP contribution in [0.2, 0.25) is 0 Å². The third-order valence-electron chi connectivity index (χ3n) is 3.68. The van der Waals surface area contributed by atoms with Crippen LogP contribution in [0.25, 0.3) is 0 Å². The topological polar surface area (TPSA) is 114 Å². The Morgan fingerprint density at radius 3 is 2.14 bits per heavy atom. The molecule has 0 radical (unpaired) electrons. The Morgan fingerprint density at radius 2 is 1.50 bits per heavy atom. The van der Waals surface area contributed by atoms with E-state index in [1.807, 2.05) is 6.07 Å². The van der Waals surface area contributed by atoms with Crippen molar-refractivity contribution in [3.8, 4) is 11.5 Å². The van der Waals surface area contributed by atoms with Crippen molar-refractivity contribution in [1.82, 2.24) is 10.6 Å². The fraction of sp³-hybridized carbons (Fsp3) is 0.250. The minimum absolute atomic E-state index is 0.166. The number of hydrogen-bond donors (Lipinski definition) is 3. The molecule has 0 saturated heterocycles. The number of carboxylic acid groups (broad SMARTS) is 1. The molecule has 0 aliphatic carbocycles. The Bertz CT molecular complexity index is 792. The van der Waals surface area contributed by atoms with Gasteiger partial charge in [0, 0.05) is 0 Å². The molecule has 3 N–H and O–H groups in total. The predicted molar refractivity (Wildman–Crippen MR) is 101 cm³/mol. The average molecular weight is 386 g/mol. The van der Waals surface area contributed by atoms with Gasteiger partial charge in [0.25, 0.3) is 5.91 Å². The van der Waals surface area contributed by atoms with E-state index in [-0.39, 0.29) is 25.1 Å². The highest BCUT2D eigenvalue weighted by atomic mass is 16.5. The minimum atomic E-state index is -1.05. The largest absolute Gasteiger partial charge is 0.484 e.